The van der Waals surface area contributed by atoms with Gasteiger partial charge in [0.05, 0.1) is 5.69 Å². The lowest BCUT2D eigenvalue weighted by Gasteiger charge is -2.01. The molecule has 0 unspecified atom stereocenters. The van der Waals surface area contributed by atoms with Crippen LogP contribution in [0.25, 0.3) is 0 Å². The largest absolute Gasteiger partial charge is 0.382 e. The number of aryl methyl sites for hydroxylation is 1. The van der Waals surface area contributed by atoms with Gasteiger partial charge in [0.1, 0.15) is 17.5 Å². The molecular weight excluding hydrogens is 176 g/mol. The van der Waals surface area contributed by atoms with E-state index in [1.54, 1.807) is 0 Å². The SMILES string of the molecule is CCc1nc(Cl)nc(N)c1C#N. The molecule has 62 valence electrons. The first-order valence-corrected chi connectivity index (χ1v) is 3.78. The van der Waals surface area contributed by atoms with Crippen molar-refractivity contribution in [1.29, 1.82) is 5.26 Å². The van der Waals surface area contributed by atoms with Crippen molar-refractivity contribution in [2.45, 2.75) is 13.3 Å². The van der Waals surface area contributed by atoms with Gasteiger partial charge in [-0.05, 0) is 18.0 Å². The molecule has 0 fully saturated rings. The minimum atomic E-state index is 0.0864. The van der Waals surface area contributed by atoms with Crippen molar-refractivity contribution in [2.24, 2.45) is 0 Å². The summed E-state index contributed by atoms with van der Waals surface area (Å²) < 4.78 is 0. The van der Waals surface area contributed by atoms with E-state index in [4.69, 9.17) is 22.6 Å². The summed E-state index contributed by atoms with van der Waals surface area (Å²) in [5, 5.41) is 8.75. The molecule has 0 atom stereocenters. The number of hydrogen-bond donors (Lipinski definition) is 1. The molecule has 0 aliphatic heterocycles. The molecule has 1 heterocycles. The number of nitrogen functional groups attached to an aromatic ring is 1. The Hall–Kier alpha value is -1.34. The predicted molar refractivity (Wildman–Crippen MR) is 45.5 cm³/mol. The summed E-state index contributed by atoms with van der Waals surface area (Å²) in [7, 11) is 0. The van der Waals surface area contributed by atoms with Crippen LogP contribution < -0.4 is 5.73 Å². The number of nitrogens with zero attached hydrogens (tertiary/aromatic N) is 3. The highest BCUT2D eigenvalue weighted by Crippen LogP contribution is 2.14. The molecule has 5 heteroatoms. The predicted octanol–water partition coefficient (Wildman–Crippen LogP) is 1.15. The van der Waals surface area contributed by atoms with Crippen LogP contribution in [-0.4, -0.2) is 9.97 Å². The van der Waals surface area contributed by atoms with Gasteiger partial charge >= 0.3 is 0 Å². The minimum Gasteiger partial charge on any atom is -0.382 e. The van der Waals surface area contributed by atoms with E-state index in [9.17, 15) is 0 Å². The zero-order chi connectivity index (χ0) is 9.14. The molecular formula is C7H7ClN4. The van der Waals surface area contributed by atoms with Crippen LogP contribution in [0.1, 0.15) is 18.2 Å². The van der Waals surface area contributed by atoms with Gasteiger partial charge in [0.15, 0.2) is 0 Å². The fourth-order valence-corrected chi connectivity index (χ4v) is 1.07. The maximum absolute atomic E-state index is 8.67. The van der Waals surface area contributed by atoms with Gasteiger partial charge in [-0.2, -0.15) is 10.2 Å². The highest BCUT2D eigenvalue weighted by Gasteiger charge is 2.08. The number of rotatable bonds is 1. The summed E-state index contributed by atoms with van der Waals surface area (Å²) in [4.78, 5) is 7.54. The molecule has 12 heavy (non-hydrogen) atoms. The average Bonchev–Trinajstić information content (AvgIpc) is 2.03. The lowest BCUT2D eigenvalue weighted by Crippen LogP contribution is -2.02. The van der Waals surface area contributed by atoms with Gasteiger partial charge in [-0.15, -0.1) is 0 Å². The summed E-state index contributed by atoms with van der Waals surface area (Å²) in [6, 6.07) is 1.93. The van der Waals surface area contributed by atoms with Crippen LogP contribution in [0.15, 0.2) is 0 Å². The third-order valence-corrected chi connectivity index (χ3v) is 1.60. The fraction of sp³-hybridized carbons (Fsp3) is 0.286. The lowest BCUT2D eigenvalue weighted by molar-refractivity contribution is 0.992. The maximum Gasteiger partial charge on any atom is 0.224 e. The molecule has 0 aromatic carbocycles. The molecule has 0 saturated carbocycles. The smallest absolute Gasteiger partial charge is 0.224 e. The standard InChI is InChI=1S/C7H7ClN4/c1-2-5-4(3-9)6(10)12-7(8)11-5/h2H2,1H3,(H2,10,11,12). The normalized spacial score (nSPS) is 9.42. The highest BCUT2D eigenvalue weighted by molar-refractivity contribution is 6.28. The van der Waals surface area contributed by atoms with Crippen LogP contribution in [0.3, 0.4) is 0 Å². The molecule has 0 saturated heterocycles. The van der Waals surface area contributed by atoms with E-state index >= 15 is 0 Å². The van der Waals surface area contributed by atoms with Crippen molar-refractivity contribution in [1.82, 2.24) is 9.97 Å². The van der Waals surface area contributed by atoms with Crippen LogP contribution in [0.2, 0.25) is 5.28 Å². The molecule has 2 N–H and O–H groups in total. The third-order valence-electron chi connectivity index (χ3n) is 1.43. The van der Waals surface area contributed by atoms with E-state index in [-0.39, 0.29) is 11.1 Å². The van der Waals surface area contributed by atoms with E-state index < -0.39 is 0 Å². The number of nitriles is 1. The Labute approximate surface area is 75.0 Å². The second-order valence-corrected chi connectivity index (χ2v) is 2.50. The molecule has 0 amide bonds. The molecule has 0 aliphatic rings. The van der Waals surface area contributed by atoms with E-state index in [1.807, 2.05) is 13.0 Å². The van der Waals surface area contributed by atoms with Crippen LogP contribution in [0, 0.1) is 11.3 Å². The molecule has 4 nitrogen and oxygen atoms in total. The summed E-state index contributed by atoms with van der Waals surface area (Å²) in [5.41, 5.74) is 6.36. The van der Waals surface area contributed by atoms with Crippen molar-refractivity contribution < 1.29 is 0 Å². The van der Waals surface area contributed by atoms with Gasteiger partial charge in [0.25, 0.3) is 0 Å². The van der Waals surface area contributed by atoms with Gasteiger partial charge in [-0.3, -0.25) is 0 Å². The quantitative estimate of drug-likeness (QED) is 0.661. The molecule has 1 aromatic rings. The summed E-state index contributed by atoms with van der Waals surface area (Å²) >= 11 is 5.55. The van der Waals surface area contributed by atoms with Crippen molar-refractivity contribution in [3.8, 4) is 6.07 Å². The molecule has 0 aliphatic carbocycles. The number of nitrogens with two attached hydrogens (primary N) is 1. The Bertz CT molecular complexity index is 342. The fourth-order valence-electron chi connectivity index (χ4n) is 0.873. The number of aromatic nitrogens is 2. The van der Waals surface area contributed by atoms with Crippen molar-refractivity contribution >= 4 is 17.4 Å². The van der Waals surface area contributed by atoms with Gasteiger partial charge in [-0.25, -0.2) is 4.98 Å². The Morgan fingerprint density at radius 2 is 2.25 bits per heavy atom. The van der Waals surface area contributed by atoms with Crippen LogP contribution in [0.4, 0.5) is 5.82 Å². The maximum atomic E-state index is 8.67. The summed E-state index contributed by atoms with van der Waals surface area (Å²) in [6.07, 6.45) is 0.620. The highest BCUT2D eigenvalue weighted by atomic mass is 35.5. The first-order chi connectivity index (χ1) is 5.69. The minimum absolute atomic E-state index is 0.0864. The van der Waals surface area contributed by atoms with Crippen LogP contribution in [-0.2, 0) is 6.42 Å². The Morgan fingerprint density at radius 1 is 1.58 bits per heavy atom. The average molecular weight is 183 g/mol. The van der Waals surface area contributed by atoms with Crippen LogP contribution >= 0.6 is 11.6 Å². The molecule has 0 spiro atoms. The molecule has 1 rings (SSSR count). The lowest BCUT2D eigenvalue weighted by atomic mass is 10.2. The molecule has 0 radical (unpaired) electrons. The first-order valence-electron chi connectivity index (χ1n) is 3.41. The van der Waals surface area contributed by atoms with E-state index in [2.05, 4.69) is 9.97 Å². The van der Waals surface area contributed by atoms with Gasteiger partial charge in [-0.1, -0.05) is 6.92 Å². The van der Waals surface area contributed by atoms with Crippen molar-refractivity contribution in [3.63, 3.8) is 0 Å². The van der Waals surface area contributed by atoms with Gasteiger partial charge in [0, 0.05) is 0 Å². The van der Waals surface area contributed by atoms with E-state index in [1.165, 1.54) is 0 Å². The third kappa shape index (κ3) is 1.46. The monoisotopic (exact) mass is 182 g/mol. The van der Waals surface area contributed by atoms with Gasteiger partial charge < -0.3 is 5.73 Å². The number of anilines is 1. The second kappa shape index (κ2) is 3.37. The first kappa shape index (κ1) is 8.75. The Kier molecular flexibility index (Phi) is 2.46. The number of hydrogen-bond acceptors (Lipinski definition) is 4. The summed E-state index contributed by atoms with van der Waals surface area (Å²) in [5.74, 6) is 0.148. The summed E-state index contributed by atoms with van der Waals surface area (Å²) in [6.45, 7) is 1.87. The molecule has 1 aromatic heterocycles. The van der Waals surface area contributed by atoms with Crippen molar-refractivity contribution in [3.05, 3.63) is 16.5 Å². The Morgan fingerprint density at radius 3 is 2.75 bits per heavy atom. The van der Waals surface area contributed by atoms with E-state index in [0.29, 0.717) is 17.7 Å². The van der Waals surface area contributed by atoms with Crippen molar-refractivity contribution in [2.75, 3.05) is 5.73 Å². The van der Waals surface area contributed by atoms with E-state index in [0.717, 1.165) is 0 Å². The second-order valence-electron chi connectivity index (χ2n) is 2.16. The molecule has 0 bridgehead atoms. The topological polar surface area (TPSA) is 75.6 Å². The zero-order valence-corrected chi connectivity index (χ0v) is 7.26. The zero-order valence-electron chi connectivity index (χ0n) is 6.50. The Balaban J connectivity index is 3.36. The number of halogens is 1. The van der Waals surface area contributed by atoms with Gasteiger partial charge in [0.2, 0.25) is 5.28 Å². The van der Waals surface area contributed by atoms with Crippen LogP contribution in [0.5, 0.6) is 0 Å².